The van der Waals surface area contributed by atoms with E-state index in [-0.39, 0.29) is 16.5 Å². The van der Waals surface area contributed by atoms with Crippen LogP contribution in [0.3, 0.4) is 0 Å². The molecule has 0 atom stereocenters. The molecule has 0 saturated heterocycles. The molecule has 2 aromatic rings. The van der Waals surface area contributed by atoms with E-state index in [4.69, 9.17) is 0 Å². The number of aromatic carboxylic acids is 1. The minimum absolute atomic E-state index is 0.0827. The van der Waals surface area contributed by atoms with Gasteiger partial charge in [0, 0.05) is 16.5 Å². The third-order valence-corrected chi connectivity index (χ3v) is 3.64. The monoisotopic (exact) mass is 245 g/mol. The number of benzene rings is 1. The van der Waals surface area contributed by atoms with Crippen LogP contribution >= 0.6 is 0 Å². The van der Waals surface area contributed by atoms with E-state index >= 15 is 0 Å². The van der Waals surface area contributed by atoms with Gasteiger partial charge in [-0.1, -0.05) is 19.1 Å². The molecule has 1 aromatic heterocycles. The molecule has 4 heteroatoms. The highest BCUT2D eigenvalue weighted by molar-refractivity contribution is 6.02. The number of pyridine rings is 1. The van der Waals surface area contributed by atoms with E-state index < -0.39 is 11.8 Å². The molecule has 0 radical (unpaired) electrons. The zero-order chi connectivity index (χ0) is 12.9. The fourth-order valence-corrected chi connectivity index (χ4v) is 2.14. The van der Waals surface area contributed by atoms with Crippen LogP contribution in [0.2, 0.25) is 0 Å². The first-order valence-corrected chi connectivity index (χ1v) is 5.84. The van der Waals surface area contributed by atoms with Crippen molar-refractivity contribution in [1.82, 2.24) is 4.98 Å². The van der Waals surface area contributed by atoms with E-state index in [0.29, 0.717) is 11.1 Å². The van der Waals surface area contributed by atoms with Crippen LogP contribution in [0.5, 0.6) is 0 Å². The highest BCUT2D eigenvalue weighted by Crippen LogP contribution is 2.47. The number of fused-ring (bicyclic) bond motifs is 1. The van der Waals surface area contributed by atoms with Gasteiger partial charge in [-0.25, -0.2) is 14.2 Å². The van der Waals surface area contributed by atoms with Gasteiger partial charge in [0.1, 0.15) is 11.3 Å². The number of hydrogen-bond donors (Lipinski definition) is 1. The Morgan fingerprint density at radius 3 is 2.78 bits per heavy atom. The lowest BCUT2D eigenvalue weighted by Gasteiger charge is -2.11. The van der Waals surface area contributed by atoms with Crippen molar-refractivity contribution in [3.8, 4) is 0 Å². The third-order valence-electron chi connectivity index (χ3n) is 3.64. The van der Waals surface area contributed by atoms with Crippen molar-refractivity contribution in [1.29, 1.82) is 0 Å². The quantitative estimate of drug-likeness (QED) is 0.884. The molecule has 0 unspecified atom stereocenters. The lowest BCUT2D eigenvalue weighted by molar-refractivity contribution is 0.0699. The largest absolute Gasteiger partial charge is 0.478 e. The lowest BCUT2D eigenvalue weighted by Crippen LogP contribution is -2.08. The second-order valence-electron chi connectivity index (χ2n) is 5.06. The number of para-hydroxylation sites is 1. The number of nitrogens with zero attached hydrogens (tertiary/aromatic N) is 1. The third kappa shape index (κ3) is 1.56. The topological polar surface area (TPSA) is 50.2 Å². The molecule has 0 spiro atoms. The summed E-state index contributed by atoms with van der Waals surface area (Å²) < 4.78 is 13.8. The van der Waals surface area contributed by atoms with Gasteiger partial charge in [0.05, 0.1) is 5.56 Å². The number of hydrogen-bond acceptors (Lipinski definition) is 2. The molecule has 1 aromatic carbocycles. The van der Waals surface area contributed by atoms with Gasteiger partial charge in [-0.3, -0.25) is 0 Å². The van der Waals surface area contributed by atoms with Crippen LogP contribution in [0.25, 0.3) is 10.9 Å². The maximum Gasteiger partial charge on any atom is 0.336 e. The van der Waals surface area contributed by atoms with Gasteiger partial charge >= 0.3 is 5.97 Å². The minimum atomic E-state index is -1.04. The van der Waals surface area contributed by atoms with E-state index in [0.717, 1.165) is 12.8 Å². The van der Waals surface area contributed by atoms with Gasteiger partial charge in [0.15, 0.2) is 0 Å². The van der Waals surface area contributed by atoms with Gasteiger partial charge in [-0.2, -0.15) is 0 Å². The predicted molar refractivity (Wildman–Crippen MR) is 65.2 cm³/mol. The zero-order valence-corrected chi connectivity index (χ0v) is 9.90. The first-order valence-electron chi connectivity index (χ1n) is 5.84. The second kappa shape index (κ2) is 3.51. The van der Waals surface area contributed by atoms with Crippen molar-refractivity contribution < 1.29 is 14.3 Å². The Labute approximate surface area is 103 Å². The van der Waals surface area contributed by atoms with Crippen molar-refractivity contribution in [3.05, 3.63) is 41.3 Å². The molecule has 1 heterocycles. The van der Waals surface area contributed by atoms with E-state index in [1.165, 1.54) is 12.1 Å². The van der Waals surface area contributed by atoms with E-state index in [1.54, 1.807) is 12.1 Å². The van der Waals surface area contributed by atoms with Crippen molar-refractivity contribution in [2.45, 2.75) is 25.2 Å². The average Bonchev–Trinajstić information content (AvgIpc) is 3.08. The molecule has 1 aliphatic rings. The number of rotatable bonds is 2. The Morgan fingerprint density at radius 1 is 1.44 bits per heavy atom. The summed E-state index contributed by atoms with van der Waals surface area (Å²) in [6.45, 7) is 2.02. The van der Waals surface area contributed by atoms with Crippen LogP contribution < -0.4 is 0 Å². The normalized spacial score (nSPS) is 16.8. The van der Waals surface area contributed by atoms with Crippen molar-refractivity contribution >= 4 is 16.9 Å². The Balaban J connectivity index is 2.36. The second-order valence-corrected chi connectivity index (χ2v) is 5.06. The molecule has 0 amide bonds. The molecule has 1 N–H and O–H groups in total. The molecule has 1 fully saturated rings. The summed E-state index contributed by atoms with van der Waals surface area (Å²) in [5, 5.41) is 9.59. The highest BCUT2D eigenvalue weighted by Gasteiger charge is 2.41. The molecule has 92 valence electrons. The number of halogens is 1. The summed E-state index contributed by atoms with van der Waals surface area (Å²) in [5.41, 5.74) is 0.876. The van der Waals surface area contributed by atoms with E-state index in [2.05, 4.69) is 4.98 Å². The Kier molecular flexibility index (Phi) is 2.17. The maximum atomic E-state index is 13.8. The number of carboxylic acids is 1. The van der Waals surface area contributed by atoms with Gasteiger partial charge in [-0.15, -0.1) is 0 Å². The molecule has 0 aliphatic heterocycles. The molecule has 0 bridgehead atoms. The minimum Gasteiger partial charge on any atom is -0.478 e. The standard InChI is InChI=1S/C14H12FNO2/c1-14(5-6-14)11-7-9(13(17)18)8-3-2-4-10(15)12(8)16-11/h2-4,7H,5-6H2,1H3,(H,17,18). The fourth-order valence-electron chi connectivity index (χ4n) is 2.14. The summed E-state index contributed by atoms with van der Waals surface area (Å²) in [6.07, 6.45) is 1.94. The van der Waals surface area contributed by atoms with Crippen LogP contribution in [0.15, 0.2) is 24.3 Å². The average molecular weight is 245 g/mol. The Hall–Kier alpha value is -1.97. The van der Waals surface area contributed by atoms with E-state index in [1.807, 2.05) is 6.92 Å². The molecule has 3 nitrogen and oxygen atoms in total. The van der Waals surface area contributed by atoms with Crippen LogP contribution in [0, 0.1) is 5.82 Å². The fraction of sp³-hybridized carbons (Fsp3) is 0.286. The number of carbonyl (C=O) groups is 1. The van der Waals surface area contributed by atoms with Crippen molar-refractivity contribution in [2.75, 3.05) is 0 Å². The van der Waals surface area contributed by atoms with Crippen LogP contribution in [0.1, 0.15) is 35.8 Å². The van der Waals surface area contributed by atoms with Crippen LogP contribution in [-0.4, -0.2) is 16.1 Å². The maximum absolute atomic E-state index is 13.8. The molecule has 3 rings (SSSR count). The molecule has 1 saturated carbocycles. The first-order chi connectivity index (χ1) is 8.51. The summed E-state index contributed by atoms with van der Waals surface area (Å²) in [4.78, 5) is 15.6. The van der Waals surface area contributed by atoms with E-state index in [9.17, 15) is 14.3 Å². The van der Waals surface area contributed by atoms with Gasteiger partial charge in [-0.05, 0) is 25.0 Å². The summed E-state index contributed by atoms with van der Waals surface area (Å²) in [6, 6.07) is 5.98. The summed E-state index contributed by atoms with van der Waals surface area (Å²) in [7, 11) is 0. The van der Waals surface area contributed by atoms with Crippen molar-refractivity contribution in [2.24, 2.45) is 0 Å². The SMILES string of the molecule is CC1(c2cc(C(=O)O)c3cccc(F)c3n2)CC1. The molecule has 18 heavy (non-hydrogen) atoms. The Bertz CT molecular complexity index is 662. The molecular weight excluding hydrogens is 233 g/mol. The lowest BCUT2D eigenvalue weighted by atomic mass is 9.99. The number of aromatic nitrogens is 1. The summed E-state index contributed by atoms with van der Waals surface area (Å²) in [5.74, 6) is -1.51. The molecular formula is C14H12FNO2. The first kappa shape index (κ1) is 11.1. The highest BCUT2D eigenvalue weighted by atomic mass is 19.1. The number of carboxylic acid groups (broad SMARTS) is 1. The van der Waals surface area contributed by atoms with Gasteiger partial charge in [0.2, 0.25) is 0 Å². The molecule has 1 aliphatic carbocycles. The summed E-state index contributed by atoms with van der Waals surface area (Å²) >= 11 is 0. The zero-order valence-electron chi connectivity index (χ0n) is 9.90. The Morgan fingerprint density at radius 2 is 2.17 bits per heavy atom. The van der Waals surface area contributed by atoms with Gasteiger partial charge < -0.3 is 5.11 Å². The van der Waals surface area contributed by atoms with Gasteiger partial charge in [0.25, 0.3) is 0 Å². The van der Waals surface area contributed by atoms with Crippen molar-refractivity contribution in [3.63, 3.8) is 0 Å². The smallest absolute Gasteiger partial charge is 0.336 e. The van der Waals surface area contributed by atoms with Crippen LogP contribution in [-0.2, 0) is 5.41 Å². The van der Waals surface area contributed by atoms with Crippen LogP contribution in [0.4, 0.5) is 4.39 Å². The predicted octanol–water partition coefficient (Wildman–Crippen LogP) is 3.12.